The highest BCUT2D eigenvalue weighted by Gasteiger charge is 2.09. The van der Waals surface area contributed by atoms with E-state index in [9.17, 15) is 0 Å². The van der Waals surface area contributed by atoms with Crippen molar-refractivity contribution in [1.82, 2.24) is 10.3 Å². The lowest BCUT2D eigenvalue weighted by molar-refractivity contribution is 0.718. The number of nitrogens with one attached hydrogen (secondary N) is 1. The summed E-state index contributed by atoms with van der Waals surface area (Å²) in [5.41, 5.74) is 2.22. The minimum Gasteiger partial charge on any atom is -0.313 e. The summed E-state index contributed by atoms with van der Waals surface area (Å²) in [7, 11) is 0. The van der Waals surface area contributed by atoms with Crippen LogP contribution in [0.2, 0.25) is 5.02 Å². The molecule has 2 rings (SSSR count). The second kappa shape index (κ2) is 6.57. The lowest BCUT2D eigenvalue weighted by atomic mass is 10.2. The molecule has 0 fully saturated rings. The highest BCUT2D eigenvalue weighted by atomic mass is 35.5. The zero-order valence-corrected chi connectivity index (χ0v) is 12.8. The molecule has 1 aromatic carbocycles. The molecule has 2 aromatic rings. The van der Waals surface area contributed by atoms with Gasteiger partial charge in [0.1, 0.15) is 0 Å². The summed E-state index contributed by atoms with van der Waals surface area (Å²) < 4.78 is 1.06. The van der Waals surface area contributed by atoms with Crippen LogP contribution in [-0.4, -0.2) is 11.5 Å². The number of aromatic nitrogens is 1. The van der Waals surface area contributed by atoms with E-state index in [4.69, 9.17) is 11.6 Å². The molecule has 96 valence electrons. The minimum atomic E-state index is 0.795. The molecule has 0 saturated heterocycles. The van der Waals surface area contributed by atoms with Gasteiger partial charge in [-0.2, -0.15) is 0 Å². The Balaban J connectivity index is 2.23. The van der Waals surface area contributed by atoms with E-state index in [0.29, 0.717) is 0 Å². The number of nitrogens with zero attached hydrogens (tertiary/aromatic N) is 1. The van der Waals surface area contributed by atoms with Gasteiger partial charge in [0, 0.05) is 27.5 Å². The topological polar surface area (TPSA) is 24.9 Å². The van der Waals surface area contributed by atoms with Crippen molar-refractivity contribution in [2.75, 3.05) is 6.54 Å². The quantitative estimate of drug-likeness (QED) is 0.887. The van der Waals surface area contributed by atoms with Crippen LogP contribution in [0.1, 0.15) is 18.2 Å². The average Bonchev–Trinajstić information content (AvgIpc) is 2.74. The van der Waals surface area contributed by atoms with Gasteiger partial charge >= 0.3 is 0 Å². The summed E-state index contributed by atoms with van der Waals surface area (Å²) in [6.45, 7) is 5.83. The SMILES string of the molecule is CCNCc1c(Cl)cccc1Sc1nc(C)cs1. The van der Waals surface area contributed by atoms with Crippen molar-refractivity contribution in [3.8, 4) is 0 Å². The van der Waals surface area contributed by atoms with E-state index < -0.39 is 0 Å². The van der Waals surface area contributed by atoms with Crippen molar-refractivity contribution >= 4 is 34.7 Å². The number of rotatable bonds is 5. The highest BCUT2D eigenvalue weighted by molar-refractivity contribution is 8.01. The molecule has 0 atom stereocenters. The molecule has 0 spiro atoms. The number of hydrogen-bond donors (Lipinski definition) is 1. The molecule has 2 nitrogen and oxygen atoms in total. The minimum absolute atomic E-state index is 0.795. The first kappa shape index (κ1) is 13.9. The third-order valence-electron chi connectivity index (χ3n) is 2.42. The number of hydrogen-bond acceptors (Lipinski definition) is 4. The lowest BCUT2D eigenvalue weighted by Gasteiger charge is -2.10. The van der Waals surface area contributed by atoms with Gasteiger partial charge in [-0.25, -0.2) is 4.98 Å². The first-order valence-corrected chi connectivity index (χ1v) is 7.86. The van der Waals surface area contributed by atoms with Gasteiger partial charge in [0.25, 0.3) is 0 Å². The fourth-order valence-electron chi connectivity index (χ4n) is 1.53. The molecule has 0 saturated carbocycles. The summed E-state index contributed by atoms with van der Waals surface area (Å²) in [6.07, 6.45) is 0. The predicted octanol–water partition coefficient (Wildman–Crippen LogP) is 4.37. The van der Waals surface area contributed by atoms with Gasteiger partial charge in [0.2, 0.25) is 0 Å². The van der Waals surface area contributed by atoms with E-state index >= 15 is 0 Å². The van der Waals surface area contributed by atoms with Crippen LogP contribution in [0, 0.1) is 6.92 Å². The van der Waals surface area contributed by atoms with Crippen LogP contribution >= 0.6 is 34.7 Å². The van der Waals surface area contributed by atoms with Gasteiger partial charge in [-0.1, -0.05) is 36.4 Å². The Morgan fingerprint density at radius 1 is 1.44 bits per heavy atom. The Kier molecular flexibility index (Phi) is 5.06. The largest absolute Gasteiger partial charge is 0.313 e. The van der Waals surface area contributed by atoms with Gasteiger partial charge < -0.3 is 5.32 Å². The van der Waals surface area contributed by atoms with Crippen molar-refractivity contribution in [2.24, 2.45) is 0 Å². The van der Waals surface area contributed by atoms with Crippen LogP contribution in [0.5, 0.6) is 0 Å². The third-order valence-corrected chi connectivity index (χ3v) is 4.94. The van der Waals surface area contributed by atoms with Gasteiger partial charge in [0.15, 0.2) is 4.34 Å². The predicted molar refractivity (Wildman–Crippen MR) is 79.8 cm³/mol. The molecule has 0 aliphatic heterocycles. The summed E-state index contributed by atoms with van der Waals surface area (Å²) >= 11 is 9.62. The maximum absolute atomic E-state index is 6.27. The molecule has 0 aliphatic carbocycles. The molecule has 0 unspecified atom stereocenters. The maximum Gasteiger partial charge on any atom is 0.154 e. The second-order valence-electron chi connectivity index (χ2n) is 3.85. The molecule has 18 heavy (non-hydrogen) atoms. The third kappa shape index (κ3) is 3.48. The molecule has 1 heterocycles. The van der Waals surface area contributed by atoms with Crippen LogP contribution in [0.15, 0.2) is 32.8 Å². The molecule has 1 N–H and O–H groups in total. The summed E-state index contributed by atoms with van der Waals surface area (Å²) in [5, 5.41) is 6.20. The van der Waals surface area contributed by atoms with Crippen molar-refractivity contribution in [1.29, 1.82) is 0 Å². The fourth-order valence-corrected chi connectivity index (χ4v) is 3.78. The summed E-state index contributed by atoms with van der Waals surface area (Å²) in [5.74, 6) is 0. The first-order valence-electron chi connectivity index (χ1n) is 5.78. The van der Waals surface area contributed by atoms with Gasteiger partial charge in [-0.15, -0.1) is 11.3 Å². The molecular formula is C13H15ClN2S2. The Bertz CT molecular complexity index is 525. The standard InChI is InChI=1S/C13H15ClN2S2/c1-3-15-7-10-11(14)5-4-6-12(10)18-13-16-9(2)8-17-13/h4-6,8,15H,3,7H2,1-2H3. The highest BCUT2D eigenvalue weighted by Crippen LogP contribution is 2.35. The smallest absolute Gasteiger partial charge is 0.154 e. The molecule has 0 radical (unpaired) electrons. The summed E-state index contributed by atoms with van der Waals surface area (Å²) in [4.78, 5) is 5.65. The zero-order valence-electron chi connectivity index (χ0n) is 10.4. The van der Waals surface area contributed by atoms with E-state index in [1.54, 1.807) is 23.1 Å². The normalized spacial score (nSPS) is 10.8. The lowest BCUT2D eigenvalue weighted by Crippen LogP contribution is -2.12. The van der Waals surface area contributed by atoms with Crippen LogP contribution in [0.3, 0.4) is 0 Å². The van der Waals surface area contributed by atoms with Crippen LogP contribution < -0.4 is 5.32 Å². The van der Waals surface area contributed by atoms with E-state index in [0.717, 1.165) is 33.7 Å². The van der Waals surface area contributed by atoms with Crippen molar-refractivity contribution in [3.05, 3.63) is 39.9 Å². The molecular weight excluding hydrogens is 284 g/mol. The van der Waals surface area contributed by atoms with E-state index in [1.165, 1.54) is 4.90 Å². The monoisotopic (exact) mass is 298 g/mol. The number of thiazole rings is 1. The van der Waals surface area contributed by atoms with Crippen molar-refractivity contribution < 1.29 is 0 Å². The Labute approximate surface area is 121 Å². The average molecular weight is 299 g/mol. The van der Waals surface area contributed by atoms with Crippen molar-refractivity contribution in [2.45, 2.75) is 29.6 Å². The van der Waals surface area contributed by atoms with E-state index in [1.807, 2.05) is 19.1 Å². The Morgan fingerprint density at radius 2 is 2.28 bits per heavy atom. The molecule has 0 bridgehead atoms. The molecule has 0 amide bonds. The molecule has 5 heteroatoms. The molecule has 1 aromatic heterocycles. The van der Waals surface area contributed by atoms with Gasteiger partial charge in [-0.3, -0.25) is 0 Å². The molecule has 0 aliphatic rings. The Hall–Kier alpha value is -0.550. The van der Waals surface area contributed by atoms with E-state index in [2.05, 4.69) is 28.7 Å². The fraction of sp³-hybridized carbons (Fsp3) is 0.308. The van der Waals surface area contributed by atoms with Crippen LogP contribution in [0.4, 0.5) is 0 Å². The summed E-state index contributed by atoms with van der Waals surface area (Å²) in [6, 6.07) is 6.02. The first-order chi connectivity index (χ1) is 8.70. The van der Waals surface area contributed by atoms with Crippen molar-refractivity contribution in [3.63, 3.8) is 0 Å². The second-order valence-corrected chi connectivity index (χ2v) is 6.41. The van der Waals surface area contributed by atoms with Gasteiger partial charge in [0.05, 0.1) is 0 Å². The number of aryl methyl sites for hydroxylation is 1. The zero-order chi connectivity index (χ0) is 13.0. The Morgan fingerprint density at radius 3 is 2.94 bits per heavy atom. The van der Waals surface area contributed by atoms with Crippen LogP contribution in [0.25, 0.3) is 0 Å². The van der Waals surface area contributed by atoms with Gasteiger partial charge in [-0.05, 0) is 31.2 Å². The number of benzene rings is 1. The number of halogens is 1. The van der Waals surface area contributed by atoms with Crippen LogP contribution in [-0.2, 0) is 6.54 Å². The van der Waals surface area contributed by atoms with E-state index in [-0.39, 0.29) is 0 Å². The maximum atomic E-state index is 6.27.